The molecule has 2 aliphatic heterocycles. The van der Waals surface area contributed by atoms with E-state index < -0.39 is 12.1 Å². The van der Waals surface area contributed by atoms with Crippen LogP contribution in [0.3, 0.4) is 0 Å². The number of anilines is 2. The number of aromatic nitrogens is 2. The Morgan fingerprint density at radius 3 is 2.52 bits per heavy atom. The molecular weight excluding hydrogens is 425 g/mol. The van der Waals surface area contributed by atoms with Crippen LogP contribution >= 0.6 is 0 Å². The number of aromatic amines is 1. The monoisotopic (exact) mass is 447 g/mol. The zero-order valence-corrected chi connectivity index (χ0v) is 17.8. The highest BCUT2D eigenvalue weighted by Gasteiger charge is 2.33. The molecule has 2 N–H and O–H groups in total. The molecule has 3 amide bonds. The van der Waals surface area contributed by atoms with Gasteiger partial charge in [0.05, 0.1) is 18.8 Å². The summed E-state index contributed by atoms with van der Waals surface area (Å²) < 4.78 is 14.7. The number of carbonyl (C=O) groups excluding carboxylic acids is 3. The van der Waals surface area contributed by atoms with Crippen LogP contribution in [-0.2, 0) is 22.7 Å². The molecule has 1 atom stereocenters. The Balaban J connectivity index is 1.25. The summed E-state index contributed by atoms with van der Waals surface area (Å²) >= 11 is 0. The molecule has 1 fully saturated rings. The van der Waals surface area contributed by atoms with Gasteiger partial charge in [-0.3, -0.25) is 19.5 Å². The maximum atomic E-state index is 14.7. The van der Waals surface area contributed by atoms with E-state index in [9.17, 15) is 18.8 Å². The highest BCUT2D eigenvalue weighted by atomic mass is 19.1. The number of alkyl halides is 1. The zero-order chi connectivity index (χ0) is 22.9. The average Bonchev–Trinajstić information content (AvgIpc) is 3.56. The SMILES string of the molecule is O=C(Nc1n[nH]c2c1CN(C(=O)C(F)c1ccccc1)C2)c1ccc(N2CCCC2=O)cc1. The Labute approximate surface area is 189 Å². The van der Waals surface area contributed by atoms with Crippen LogP contribution in [0.2, 0.25) is 0 Å². The van der Waals surface area contributed by atoms with E-state index in [-0.39, 0.29) is 24.9 Å². The highest BCUT2D eigenvalue weighted by Crippen LogP contribution is 2.31. The van der Waals surface area contributed by atoms with Crippen LogP contribution in [0.1, 0.15) is 46.2 Å². The quantitative estimate of drug-likeness (QED) is 0.627. The second-order valence-electron chi connectivity index (χ2n) is 8.15. The summed E-state index contributed by atoms with van der Waals surface area (Å²) in [6.45, 7) is 1.04. The van der Waals surface area contributed by atoms with Crippen molar-refractivity contribution < 1.29 is 18.8 Å². The first-order valence-corrected chi connectivity index (χ1v) is 10.8. The molecule has 5 rings (SSSR count). The van der Waals surface area contributed by atoms with E-state index in [1.54, 1.807) is 59.5 Å². The topological polar surface area (TPSA) is 98.4 Å². The summed E-state index contributed by atoms with van der Waals surface area (Å²) in [5.74, 6) is -0.587. The molecule has 0 radical (unpaired) electrons. The first-order valence-electron chi connectivity index (χ1n) is 10.8. The Morgan fingerprint density at radius 1 is 1.06 bits per heavy atom. The molecule has 3 heterocycles. The van der Waals surface area contributed by atoms with Gasteiger partial charge in [0.25, 0.3) is 11.8 Å². The molecule has 8 nitrogen and oxygen atoms in total. The predicted octanol–water partition coefficient (Wildman–Crippen LogP) is 3.34. The van der Waals surface area contributed by atoms with Crippen LogP contribution < -0.4 is 10.2 Å². The third kappa shape index (κ3) is 3.97. The number of H-pyrrole nitrogens is 1. The van der Waals surface area contributed by atoms with Crippen LogP contribution in [-0.4, -0.2) is 39.4 Å². The summed E-state index contributed by atoms with van der Waals surface area (Å²) in [6, 6.07) is 15.1. The maximum absolute atomic E-state index is 14.7. The van der Waals surface area contributed by atoms with Crippen molar-refractivity contribution >= 4 is 29.2 Å². The summed E-state index contributed by atoms with van der Waals surface area (Å²) in [5, 5.41) is 9.74. The molecule has 2 aliphatic rings. The molecule has 1 unspecified atom stereocenters. The largest absolute Gasteiger partial charge is 0.329 e. The van der Waals surface area contributed by atoms with Crippen molar-refractivity contribution in [2.75, 3.05) is 16.8 Å². The molecule has 9 heteroatoms. The molecular formula is C24H22FN5O3. The molecule has 3 aromatic rings. The van der Waals surface area contributed by atoms with Gasteiger partial charge in [0, 0.05) is 29.8 Å². The van der Waals surface area contributed by atoms with Crippen LogP contribution in [0.5, 0.6) is 0 Å². The number of carbonyl (C=O) groups is 3. The van der Waals surface area contributed by atoms with Gasteiger partial charge in [-0.2, -0.15) is 5.10 Å². The van der Waals surface area contributed by atoms with Crippen LogP contribution in [0.4, 0.5) is 15.9 Å². The van der Waals surface area contributed by atoms with Gasteiger partial charge in [-0.25, -0.2) is 4.39 Å². The highest BCUT2D eigenvalue weighted by molar-refractivity contribution is 6.05. The standard InChI is InChI=1S/C24H22FN5O3/c25-21(15-5-2-1-3-6-15)24(33)29-13-18-19(14-29)27-28-22(18)26-23(32)16-8-10-17(11-9-16)30-12-4-7-20(30)31/h1-3,5-6,8-11,21H,4,7,12-14H2,(H2,26,27,28,32). The fraction of sp³-hybridized carbons (Fsp3) is 0.250. The number of rotatable bonds is 5. The van der Waals surface area contributed by atoms with Crippen molar-refractivity contribution in [1.82, 2.24) is 15.1 Å². The second kappa shape index (κ2) is 8.50. The van der Waals surface area contributed by atoms with Gasteiger partial charge < -0.3 is 15.1 Å². The lowest BCUT2D eigenvalue weighted by Gasteiger charge is -2.18. The molecule has 0 saturated carbocycles. The van der Waals surface area contributed by atoms with Gasteiger partial charge in [0.15, 0.2) is 5.82 Å². The van der Waals surface area contributed by atoms with Crippen molar-refractivity contribution in [2.45, 2.75) is 32.1 Å². The lowest BCUT2D eigenvalue weighted by atomic mass is 10.1. The Kier molecular flexibility index (Phi) is 5.37. The minimum Gasteiger partial charge on any atom is -0.329 e. The summed E-state index contributed by atoms with van der Waals surface area (Å²) in [7, 11) is 0. The van der Waals surface area contributed by atoms with Crippen LogP contribution in [0.15, 0.2) is 54.6 Å². The van der Waals surface area contributed by atoms with Crippen molar-refractivity contribution in [3.05, 3.63) is 77.0 Å². The fourth-order valence-corrected chi connectivity index (χ4v) is 4.22. The van der Waals surface area contributed by atoms with Gasteiger partial charge in [-0.15, -0.1) is 0 Å². The molecule has 0 spiro atoms. The molecule has 1 saturated heterocycles. The van der Waals surface area contributed by atoms with E-state index in [2.05, 4.69) is 15.5 Å². The first-order chi connectivity index (χ1) is 16.0. The number of nitrogens with zero attached hydrogens (tertiary/aromatic N) is 3. The van der Waals surface area contributed by atoms with E-state index in [1.807, 2.05) is 0 Å². The zero-order valence-electron chi connectivity index (χ0n) is 17.8. The van der Waals surface area contributed by atoms with Gasteiger partial charge in [-0.05, 0) is 36.2 Å². The Bertz CT molecular complexity index is 1210. The number of halogens is 1. The predicted molar refractivity (Wildman–Crippen MR) is 119 cm³/mol. The van der Waals surface area contributed by atoms with Crippen LogP contribution in [0.25, 0.3) is 0 Å². The Morgan fingerprint density at radius 2 is 1.82 bits per heavy atom. The third-order valence-corrected chi connectivity index (χ3v) is 6.02. The smallest absolute Gasteiger partial charge is 0.262 e. The minimum atomic E-state index is -1.75. The normalized spacial score (nSPS) is 16.1. The van der Waals surface area contributed by atoms with E-state index in [4.69, 9.17) is 0 Å². The van der Waals surface area contributed by atoms with Gasteiger partial charge >= 0.3 is 0 Å². The number of hydrogen-bond acceptors (Lipinski definition) is 4. The van der Waals surface area contributed by atoms with E-state index >= 15 is 0 Å². The lowest BCUT2D eigenvalue weighted by Crippen LogP contribution is -2.29. The third-order valence-electron chi connectivity index (χ3n) is 6.02. The molecule has 168 valence electrons. The summed E-state index contributed by atoms with van der Waals surface area (Å²) in [5.41, 5.74) is 2.82. The second-order valence-corrected chi connectivity index (χ2v) is 8.15. The van der Waals surface area contributed by atoms with Crippen LogP contribution in [0, 0.1) is 0 Å². The average molecular weight is 447 g/mol. The van der Waals surface area contributed by atoms with Crippen molar-refractivity contribution in [3.8, 4) is 0 Å². The first kappa shape index (κ1) is 20.9. The number of nitrogens with one attached hydrogen (secondary N) is 2. The number of hydrogen-bond donors (Lipinski definition) is 2. The van der Waals surface area contributed by atoms with Crippen molar-refractivity contribution in [2.24, 2.45) is 0 Å². The number of amides is 3. The molecule has 2 aromatic carbocycles. The molecule has 1 aromatic heterocycles. The van der Waals surface area contributed by atoms with E-state index in [0.717, 1.165) is 12.1 Å². The minimum absolute atomic E-state index is 0.0844. The van der Waals surface area contributed by atoms with Gasteiger partial charge in [-0.1, -0.05) is 30.3 Å². The lowest BCUT2D eigenvalue weighted by molar-refractivity contribution is -0.137. The van der Waals surface area contributed by atoms with E-state index in [1.165, 1.54) is 4.90 Å². The van der Waals surface area contributed by atoms with Crippen molar-refractivity contribution in [1.29, 1.82) is 0 Å². The molecule has 0 aliphatic carbocycles. The fourth-order valence-electron chi connectivity index (χ4n) is 4.22. The molecule has 0 bridgehead atoms. The van der Waals surface area contributed by atoms with Gasteiger partial charge in [0.2, 0.25) is 12.1 Å². The number of fused-ring (bicyclic) bond motifs is 1. The number of benzene rings is 2. The maximum Gasteiger partial charge on any atom is 0.262 e. The molecule has 33 heavy (non-hydrogen) atoms. The van der Waals surface area contributed by atoms with Crippen molar-refractivity contribution in [3.63, 3.8) is 0 Å². The van der Waals surface area contributed by atoms with E-state index in [0.29, 0.717) is 41.2 Å². The van der Waals surface area contributed by atoms with Gasteiger partial charge in [0.1, 0.15) is 0 Å². The summed E-state index contributed by atoms with van der Waals surface area (Å²) in [6.07, 6.45) is -0.373. The Hall–Kier alpha value is -4.01. The summed E-state index contributed by atoms with van der Waals surface area (Å²) in [4.78, 5) is 40.4.